The van der Waals surface area contributed by atoms with Crippen LogP contribution in [0.1, 0.15) is 25.7 Å². The minimum Gasteiger partial charge on any atom is -0.354 e. The fourth-order valence-corrected chi connectivity index (χ4v) is 3.23. The van der Waals surface area contributed by atoms with Crippen molar-refractivity contribution in [3.05, 3.63) is 23.1 Å². The first kappa shape index (κ1) is 15.5. The summed E-state index contributed by atoms with van der Waals surface area (Å²) >= 11 is 5.74. The lowest BCUT2D eigenvalue weighted by molar-refractivity contribution is -0.131. The average Bonchev–Trinajstić information content (AvgIpc) is 3.32. The van der Waals surface area contributed by atoms with Crippen molar-refractivity contribution in [2.24, 2.45) is 11.8 Å². The largest absolute Gasteiger partial charge is 0.354 e. The van der Waals surface area contributed by atoms with Crippen LogP contribution in [0.2, 0.25) is 5.02 Å². The summed E-state index contributed by atoms with van der Waals surface area (Å²) in [6.45, 7) is 2.34. The fraction of sp³-hybridized carbons (Fsp3) is 0.625. The summed E-state index contributed by atoms with van der Waals surface area (Å²) < 4.78 is 13.9. The van der Waals surface area contributed by atoms with Crippen LogP contribution in [-0.2, 0) is 4.79 Å². The molecule has 1 aromatic heterocycles. The van der Waals surface area contributed by atoms with E-state index >= 15 is 0 Å². The molecule has 2 aliphatic rings. The second-order valence-corrected chi connectivity index (χ2v) is 6.82. The molecular weight excluding hydrogens is 305 g/mol. The summed E-state index contributed by atoms with van der Waals surface area (Å²) in [5, 5.41) is 0.316. The number of carbonyl (C=O) groups excluding carboxylic acids is 1. The molecular formula is C16H21ClFN3O. The average molecular weight is 326 g/mol. The highest BCUT2D eigenvalue weighted by Crippen LogP contribution is 2.31. The van der Waals surface area contributed by atoms with Crippen LogP contribution < -0.4 is 4.90 Å². The maximum Gasteiger partial charge on any atom is 0.225 e. The van der Waals surface area contributed by atoms with Crippen LogP contribution in [0.5, 0.6) is 0 Å². The second-order valence-electron chi connectivity index (χ2n) is 6.38. The lowest BCUT2D eigenvalue weighted by atomic mass is 9.96. The normalized spacial score (nSPS) is 19.3. The van der Waals surface area contributed by atoms with E-state index in [0.29, 0.717) is 16.8 Å². The van der Waals surface area contributed by atoms with E-state index in [1.54, 1.807) is 0 Å². The maximum atomic E-state index is 13.9. The van der Waals surface area contributed by atoms with Crippen molar-refractivity contribution in [3.8, 4) is 0 Å². The van der Waals surface area contributed by atoms with Crippen molar-refractivity contribution < 1.29 is 9.18 Å². The number of carbonyl (C=O) groups is 1. The van der Waals surface area contributed by atoms with E-state index in [0.717, 1.165) is 45.3 Å². The van der Waals surface area contributed by atoms with Gasteiger partial charge in [-0.2, -0.15) is 0 Å². The summed E-state index contributed by atoms with van der Waals surface area (Å²) in [7, 11) is 1.90. The van der Waals surface area contributed by atoms with Crippen molar-refractivity contribution >= 4 is 23.3 Å². The predicted octanol–water partition coefficient (Wildman–Crippen LogP) is 2.96. The smallest absolute Gasteiger partial charge is 0.225 e. The van der Waals surface area contributed by atoms with Gasteiger partial charge in [0.05, 0.1) is 5.02 Å². The minimum atomic E-state index is -0.369. The van der Waals surface area contributed by atoms with Gasteiger partial charge < -0.3 is 9.80 Å². The molecule has 1 aromatic rings. The molecule has 6 heteroatoms. The zero-order valence-corrected chi connectivity index (χ0v) is 13.5. The number of aromatic nitrogens is 1. The Morgan fingerprint density at radius 3 is 2.68 bits per heavy atom. The van der Waals surface area contributed by atoms with E-state index in [9.17, 15) is 9.18 Å². The fourth-order valence-electron chi connectivity index (χ4n) is 3.09. The van der Waals surface area contributed by atoms with Gasteiger partial charge in [-0.25, -0.2) is 9.37 Å². The SMILES string of the molecule is CN(CC1CCN(c2ncc(Cl)cc2F)CC1)C(=O)C1CC1. The van der Waals surface area contributed by atoms with Gasteiger partial charge in [0.1, 0.15) is 0 Å². The van der Waals surface area contributed by atoms with Crippen LogP contribution in [0.25, 0.3) is 0 Å². The van der Waals surface area contributed by atoms with Crippen molar-refractivity contribution in [3.63, 3.8) is 0 Å². The zero-order valence-electron chi connectivity index (χ0n) is 12.8. The van der Waals surface area contributed by atoms with Crippen LogP contribution in [0.15, 0.2) is 12.3 Å². The summed E-state index contributed by atoms with van der Waals surface area (Å²) in [6.07, 6.45) is 5.47. The van der Waals surface area contributed by atoms with Crippen LogP contribution in [0.3, 0.4) is 0 Å². The van der Waals surface area contributed by atoms with Crippen molar-refractivity contribution in [1.82, 2.24) is 9.88 Å². The Balaban J connectivity index is 1.52. The van der Waals surface area contributed by atoms with E-state index in [2.05, 4.69) is 4.98 Å². The van der Waals surface area contributed by atoms with Gasteiger partial charge in [0.2, 0.25) is 5.91 Å². The molecule has 0 bridgehead atoms. The van der Waals surface area contributed by atoms with Gasteiger partial charge in [0.25, 0.3) is 0 Å². The van der Waals surface area contributed by atoms with Gasteiger partial charge in [0.15, 0.2) is 11.6 Å². The van der Waals surface area contributed by atoms with Crippen LogP contribution in [0, 0.1) is 17.7 Å². The summed E-state index contributed by atoms with van der Waals surface area (Å²) in [4.78, 5) is 19.9. The van der Waals surface area contributed by atoms with E-state index < -0.39 is 0 Å². The first-order valence-electron chi connectivity index (χ1n) is 7.85. The quantitative estimate of drug-likeness (QED) is 0.854. The number of hydrogen-bond acceptors (Lipinski definition) is 3. The third-order valence-corrected chi connectivity index (χ3v) is 4.74. The Kier molecular flexibility index (Phi) is 4.52. The molecule has 0 aromatic carbocycles. The summed E-state index contributed by atoms with van der Waals surface area (Å²) in [6, 6.07) is 1.30. The standard InChI is InChI=1S/C16H21ClFN3O/c1-20(16(22)12-2-3-12)10-11-4-6-21(7-5-11)15-14(18)8-13(17)9-19-15/h8-9,11-12H,2-7,10H2,1H3. The molecule has 2 heterocycles. The van der Waals surface area contributed by atoms with Gasteiger partial charge in [-0.1, -0.05) is 11.6 Å². The Labute approximate surface area is 135 Å². The topological polar surface area (TPSA) is 36.4 Å². The molecule has 22 heavy (non-hydrogen) atoms. The maximum absolute atomic E-state index is 13.9. The van der Waals surface area contributed by atoms with Crippen LogP contribution >= 0.6 is 11.6 Å². The molecule has 0 unspecified atom stereocenters. The van der Waals surface area contributed by atoms with Gasteiger partial charge in [-0.3, -0.25) is 4.79 Å². The molecule has 1 saturated carbocycles. The Morgan fingerprint density at radius 1 is 1.41 bits per heavy atom. The predicted molar refractivity (Wildman–Crippen MR) is 84.5 cm³/mol. The van der Waals surface area contributed by atoms with Gasteiger partial charge in [0, 0.05) is 38.8 Å². The Hall–Kier alpha value is -1.36. The molecule has 1 aliphatic heterocycles. The van der Waals surface area contributed by atoms with Gasteiger partial charge in [-0.05, 0) is 37.7 Å². The first-order valence-corrected chi connectivity index (χ1v) is 8.23. The number of amides is 1. The number of halogens is 2. The number of rotatable bonds is 4. The van der Waals surface area contributed by atoms with E-state index in [-0.39, 0.29) is 17.6 Å². The highest BCUT2D eigenvalue weighted by Gasteiger charge is 2.33. The zero-order chi connectivity index (χ0) is 15.7. The van der Waals surface area contributed by atoms with Crippen molar-refractivity contribution in [2.45, 2.75) is 25.7 Å². The Bertz CT molecular complexity index is 556. The molecule has 1 amide bonds. The molecule has 3 rings (SSSR count). The highest BCUT2D eigenvalue weighted by molar-refractivity contribution is 6.30. The third kappa shape index (κ3) is 3.51. The molecule has 2 fully saturated rings. The van der Waals surface area contributed by atoms with Crippen molar-refractivity contribution in [1.29, 1.82) is 0 Å². The highest BCUT2D eigenvalue weighted by atomic mass is 35.5. The Morgan fingerprint density at radius 2 is 2.09 bits per heavy atom. The lowest BCUT2D eigenvalue weighted by Gasteiger charge is -2.34. The number of piperidine rings is 1. The number of anilines is 1. The molecule has 120 valence electrons. The second kappa shape index (κ2) is 6.41. The molecule has 0 atom stereocenters. The molecule has 0 N–H and O–H groups in total. The van der Waals surface area contributed by atoms with E-state index in [1.165, 1.54) is 12.3 Å². The molecule has 1 saturated heterocycles. The molecule has 4 nitrogen and oxygen atoms in total. The van der Waals surface area contributed by atoms with Gasteiger partial charge >= 0.3 is 0 Å². The number of nitrogens with zero attached hydrogens (tertiary/aromatic N) is 3. The third-order valence-electron chi connectivity index (χ3n) is 4.54. The molecule has 1 aliphatic carbocycles. The van der Waals surface area contributed by atoms with Crippen LogP contribution in [-0.4, -0.2) is 42.5 Å². The molecule has 0 spiro atoms. The minimum absolute atomic E-state index is 0.275. The van der Waals surface area contributed by atoms with Crippen molar-refractivity contribution in [2.75, 3.05) is 31.6 Å². The summed E-state index contributed by atoms with van der Waals surface area (Å²) in [5.41, 5.74) is 0. The summed E-state index contributed by atoms with van der Waals surface area (Å²) in [5.74, 6) is 1.06. The molecule has 0 radical (unpaired) electrons. The van der Waals surface area contributed by atoms with E-state index in [1.807, 2.05) is 16.8 Å². The monoisotopic (exact) mass is 325 g/mol. The first-order chi connectivity index (χ1) is 10.5. The number of pyridine rings is 1. The lowest BCUT2D eigenvalue weighted by Crippen LogP contribution is -2.40. The van der Waals surface area contributed by atoms with E-state index in [4.69, 9.17) is 11.6 Å². The van der Waals surface area contributed by atoms with Crippen LogP contribution in [0.4, 0.5) is 10.2 Å². The number of hydrogen-bond donors (Lipinski definition) is 0. The van der Waals surface area contributed by atoms with Gasteiger partial charge in [-0.15, -0.1) is 0 Å².